The van der Waals surface area contributed by atoms with Gasteiger partial charge < -0.3 is 10.3 Å². The maximum absolute atomic E-state index is 12.1. The Kier molecular flexibility index (Phi) is 6.13. The van der Waals surface area contributed by atoms with Gasteiger partial charge in [-0.25, -0.2) is 9.97 Å². The molecule has 0 aliphatic heterocycles. The lowest BCUT2D eigenvalue weighted by molar-refractivity contribution is 0.682. The largest absolute Gasteiger partial charge is 0.369 e. The third kappa shape index (κ3) is 5.10. The fourth-order valence-corrected chi connectivity index (χ4v) is 3.58. The smallest absolute Gasteiger partial charge is 0.254 e. The van der Waals surface area contributed by atoms with Crippen LogP contribution in [0.1, 0.15) is 16.8 Å². The number of nitrogens with one attached hydrogen (secondary N) is 2. The van der Waals surface area contributed by atoms with E-state index in [4.69, 9.17) is 0 Å². The lowest BCUT2D eigenvalue weighted by Crippen LogP contribution is -2.14. The molecule has 0 saturated heterocycles. The highest BCUT2D eigenvalue weighted by atomic mass is 32.2. The number of hydrogen-bond acceptors (Lipinski definition) is 5. The summed E-state index contributed by atoms with van der Waals surface area (Å²) in [5.41, 5.74) is 3.01. The number of rotatable bonds is 7. The van der Waals surface area contributed by atoms with Crippen LogP contribution in [-0.4, -0.2) is 31.5 Å². The lowest BCUT2D eigenvalue weighted by atomic mass is 10.2. The van der Waals surface area contributed by atoms with Gasteiger partial charge in [-0.15, -0.1) is 0 Å². The number of H-pyrrole nitrogens is 1. The van der Waals surface area contributed by atoms with E-state index < -0.39 is 10.8 Å². The van der Waals surface area contributed by atoms with Gasteiger partial charge in [-0.05, 0) is 31.5 Å². The number of aromatic nitrogens is 3. The van der Waals surface area contributed by atoms with Crippen LogP contribution >= 0.6 is 0 Å². The summed E-state index contributed by atoms with van der Waals surface area (Å²) in [5.74, 6) is 2.30. The second kappa shape index (κ2) is 8.73. The van der Waals surface area contributed by atoms with Gasteiger partial charge in [-0.3, -0.25) is 9.00 Å². The number of aryl methyl sites for hydroxylation is 1. The van der Waals surface area contributed by atoms with Crippen LogP contribution in [0.2, 0.25) is 0 Å². The lowest BCUT2D eigenvalue weighted by Gasteiger charge is -2.08. The van der Waals surface area contributed by atoms with Gasteiger partial charge in [0.2, 0.25) is 0 Å². The molecule has 2 N–H and O–H groups in total. The van der Waals surface area contributed by atoms with Gasteiger partial charge in [-0.1, -0.05) is 30.3 Å². The molecule has 0 aliphatic rings. The average molecular weight is 382 g/mol. The van der Waals surface area contributed by atoms with Gasteiger partial charge in [-0.2, -0.15) is 0 Å². The van der Waals surface area contributed by atoms with Crippen molar-refractivity contribution in [3.63, 3.8) is 0 Å². The van der Waals surface area contributed by atoms with E-state index in [2.05, 4.69) is 20.3 Å². The highest BCUT2D eigenvalue weighted by Gasteiger charge is 2.07. The molecule has 27 heavy (non-hydrogen) atoms. The van der Waals surface area contributed by atoms with E-state index in [0.29, 0.717) is 41.0 Å². The number of aromatic amines is 1. The quantitative estimate of drug-likeness (QED) is 0.656. The van der Waals surface area contributed by atoms with Crippen molar-refractivity contribution in [2.24, 2.45) is 0 Å². The predicted molar refractivity (Wildman–Crippen MR) is 109 cm³/mol. The number of benzene rings is 1. The van der Waals surface area contributed by atoms with E-state index >= 15 is 0 Å². The second-order valence-electron chi connectivity index (χ2n) is 6.26. The molecule has 0 saturated carbocycles. The zero-order valence-electron chi connectivity index (χ0n) is 15.4. The molecule has 0 aliphatic carbocycles. The van der Waals surface area contributed by atoms with Crippen LogP contribution in [0.15, 0.2) is 53.5 Å². The van der Waals surface area contributed by atoms with E-state index in [1.807, 2.05) is 49.4 Å². The Morgan fingerprint density at radius 1 is 1.11 bits per heavy atom. The summed E-state index contributed by atoms with van der Waals surface area (Å²) < 4.78 is 12.1. The van der Waals surface area contributed by atoms with Crippen LogP contribution < -0.4 is 10.9 Å². The predicted octanol–water partition coefficient (Wildman–Crippen LogP) is 2.81. The van der Waals surface area contributed by atoms with Gasteiger partial charge in [0, 0.05) is 51.9 Å². The summed E-state index contributed by atoms with van der Waals surface area (Å²) in [4.78, 5) is 23.4. The van der Waals surface area contributed by atoms with Crippen molar-refractivity contribution in [2.45, 2.75) is 19.6 Å². The first-order valence-corrected chi connectivity index (χ1v) is 10.2. The van der Waals surface area contributed by atoms with Crippen LogP contribution in [0, 0.1) is 13.8 Å². The molecule has 7 heteroatoms. The first kappa shape index (κ1) is 19.0. The fraction of sp³-hybridized carbons (Fsp3) is 0.250. The van der Waals surface area contributed by atoms with Gasteiger partial charge in [0.1, 0.15) is 11.6 Å². The molecule has 0 bridgehead atoms. The third-order valence-corrected chi connectivity index (χ3v) is 5.55. The van der Waals surface area contributed by atoms with Gasteiger partial charge in [0.15, 0.2) is 0 Å². The zero-order valence-corrected chi connectivity index (χ0v) is 16.2. The minimum absolute atomic E-state index is 0.138. The summed E-state index contributed by atoms with van der Waals surface area (Å²) in [7, 11) is -0.926. The topological polar surface area (TPSA) is 87.7 Å². The summed E-state index contributed by atoms with van der Waals surface area (Å²) in [5, 5.41) is 3.18. The molecule has 2 heterocycles. The molecule has 1 aromatic carbocycles. The average Bonchev–Trinajstić information content (AvgIpc) is 2.67. The highest BCUT2D eigenvalue weighted by Crippen LogP contribution is 2.15. The summed E-state index contributed by atoms with van der Waals surface area (Å²) in [6.07, 6.45) is 1.66. The molecule has 3 aromatic rings. The number of hydrogen-bond donors (Lipinski definition) is 2. The summed E-state index contributed by atoms with van der Waals surface area (Å²) in [6, 6.07) is 13.5. The Labute approximate surface area is 160 Å². The van der Waals surface area contributed by atoms with E-state index in [1.54, 1.807) is 13.1 Å². The minimum Gasteiger partial charge on any atom is -0.369 e. The number of anilines is 1. The standard InChI is InChI=1S/C20H22N4O2S/c1-14-15(2)23-19(24-20(14)25)17-8-9-18(22-12-17)21-10-11-27(26)13-16-6-4-3-5-7-16/h3-9,12H,10-11,13H2,1-2H3,(H,21,22)(H,23,24,25). The molecule has 2 aromatic heterocycles. The Balaban J connectivity index is 1.55. The molecule has 0 fully saturated rings. The Morgan fingerprint density at radius 2 is 1.89 bits per heavy atom. The fourth-order valence-electron chi connectivity index (χ4n) is 2.55. The maximum Gasteiger partial charge on any atom is 0.254 e. The normalized spacial score (nSPS) is 11.9. The van der Waals surface area contributed by atoms with Crippen LogP contribution in [-0.2, 0) is 16.6 Å². The van der Waals surface area contributed by atoms with Crippen molar-refractivity contribution < 1.29 is 4.21 Å². The van der Waals surface area contributed by atoms with Gasteiger partial charge in [0.25, 0.3) is 5.56 Å². The summed E-state index contributed by atoms with van der Waals surface area (Å²) in [6.45, 7) is 4.13. The van der Waals surface area contributed by atoms with E-state index in [9.17, 15) is 9.00 Å². The molecule has 3 rings (SSSR count). The molecular weight excluding hydrogens is 360 g/mol. The van der Waals surface area contributed by atoms with Crippen LogP contribution in [0.3, 0.4) is 0 Å². The van der Waals surface area contributed by atoms with E-state index in [-0.39, 0.29) is 5.56 Å². The number of pyridine rings is 1. The zero-order chi connectivity index (χ0) is 19.2. The van der Waals surface area contributed by atoms with E-state index in [0.717, 1.165) is 11.1 Å². The van der Waals surface area contributed by atoms with Crippen molar-refractivity contribution in [1.29, 1.82) is 0 Å². The van der Waals surface area contributed by atoms with Gasteiger partial charge in [0.05, 0.1) is 0 Å². The van der Waals surface area contributed by atoms with Crippen molar-refractivity contribution >= 4 is 16.6 Å². The van der Waals surface area contributed by atoms with Crippen LogP contribution in [0.5, 0.6) is 0 Å². The molecule has 0 amide bonds. The molecule has 0 spiro atoms. The molecule has 0 radical (unpaired) electrons. The Hall–Kier alpha value is -2.80. The van der Waals surface area contributed by atoms with E-state index in [1.165, 1.54) is 0 Å². The van der Waals surface area contributed by atoms with Crippen molar-refractivity contribution in [1.82, 2.24) is 15.0 Å². The Morgan fingerprint density at radius 3 is 2.56 bits per heavy atom. The molecule has 140 valence electrons. The summed E-state index contributed by atoms with van der Waals surface area (Å²) >= 11 is 0. The Bertz CT molecular complexity index is 985. The molecule has 1 atom stereocenters. The first-order chi connectivity index (χ1) is 13.0. The van der Waals surface area contributed by atoms with Crippen molar-refractivity contribution in [3.05, 3.63) is 75.8 Å². The maximum atomic E-state index is 12.1. The SMILES string of the molecule is Cc1nc(-c2ccc(NCCS(=O)Cc3ccccc3)nc2)[nH]c(=O)c1C. The monoisotopic (exact) mass is 382 g/mol. The van der Waals surface area contributed by atoms with Gasteiger partial charge >= 0.3 is 0 Å². The highest BCUT2D eigenvalue weighted by molar-refractivity contribution is 7.84. The molecule has 6 nitrogen and oxygen atoms in total. The van der Waals surface area contributed by atoms with Crippen molar-refractivity contribution in [3.8, 4) is 11.4 Å². The molecular formula is C20H22N4O2S. The third-order valence-electron chi connectivity index (χ3n) is 4.24. The first-order valence-electron chi connectivity index (χ1n) is 8.69. The number of nitrogens with zero attached hydrogens (tertiary/aromatic N) is 2. The minimum atomic E-state index is -0.926. The molecule has 1 unspecified atom stereocenters. The van der Waals surface area contributed by atoms with Crippen molar-refractivity contribution in [2.75, 3.05) is 17.6 Å². The second-order valence-corrected chi connectivity index (χ2v) is 7.83. The van der Waals surface area contributed by atoms with Crippen LogP contribution in [0.25, 0.3) is 11.4 Å². The van der Waals surface area contributed by atoms with Crippen LogP contribution in [0.4, 0.5) is 5.82 Å².